The van der Waals surface area contributed by atoms with Crippen LogP contribution in [0.5, 0.6) is 0 Å². The van der Waals surface area contributed by atoms with Gasteiger partial charge in [-0.3, -0.25) is 19.3 Å². The van der Waals surface area contributed by atoms with Gasteiger partial charge >= 0.3 is 0 Å². The van der Waals surface area contributed by atoms with Crippen LogP contribution in [0.1, 0.15) is 53.5 Å². The quantitative estimate of drug-likeness (QED) is 0.754. The van der Waals surface area contributed by atoms with E-state index in [0.29, 0.717) is 42.9 Å². The van der Waals surface area contributed by atoms with E-state index in [1.807, 2.05) is 39.0 Å². The molecule has 0 bridgehead atoms. The third-order valence-electron chi connectivity index (χ3n) is 5.20. The van der Waals surface area contributed by atoms with E-state index in [1.165, 1.54) is 0 Å². The third-order valence-corrected chi connectivity index (χ3v) is 5.20. The summed E-state index contributed by atoms with van der Waals surface area (Å²) in [6, 6.07) is 16.0. The normalized spacial score (nSPS) is 15.3. The van der Waals surface area contributed by atoms with Crippen molar-refractivity contribution < 1.29 is 14.4 Å². The highest BCUT2D eigenvalue weighted by molar-refractivity contribution is 6.15. The first-order valence-corrected chi connectivity index (χ1v) is 10.8. The fourth-order valence-corrected chi connectivity index (χ4v) is 3.78. The van der Waals surface area contributed by atoms with Crippen LogP contribution in [0, 0.1) is 0 Å². The van der Waals surface area contributed by atoms with Crippen LogP contribution in [0.2, 0.25) is 0 Å². The SMILES string of the molecule is CC(C)(C)NC(=O)CN1CCCN(C(=O)c2ccccc2C(=O)c2ccccc2)CC1. The van der Waals surface area contributed by atoms with Gasteiger partial charge in [0.2, 0.25) is 5.91 Å². The number of carbonyl (C=O) groups excluding carboxylic acids is 3. The molecule has 2 aromatic carbocycles. The first kappa shape index (κ1) is 22.7. The van der Waals surface area contributed by atoms with E-state index >= 15 is 0 Å². The zero-order valence-electron chi connectivity index (χ0n) is 18.6. The summed E-state index contributed by atoms with van der Waals surface area (Å²) >= 11 is 0. The first-order valence-electron chi connectivity index (χ1n) is 10.8. The zero-order chi connectivity index (χ0) is 22.4. The summed E-state index contributed by atoms with van der Waals surface area (Å²) in [4.78, 5) is 42.4. The van der Waals surface area contributed by atoms with Crippen LogP contribution in [0.4, 0.5) is 0 Å². The molecule has 0 unspecified atom stereocenters. The molecule has 1 aliphatic rings. The number of ketones is 1. The number of carbonyl (C=O) groups is 3. The summed E-state index contributed by atoms with van der Waals surface area (Å²) in [7, 11) is 0. The van der Waals surface area contributed by atoms with Crippen LogP contribution in [-0.4, -0.2) is 65.7 Å². The van der Waals surface area contributed by atoms with Crippen LogP contribution in [0.15, 0.2) is 54.6 Å². The van der Waals surface area contributed by atoms with E-state index in [4.69, 9.17) is 0 Å². The van der Waals surface area contributed by atoms with Gasteiger partial charge in [-0.25, -0.2) is 0 Å². The van der Waals surface area contributed by atoms with Gasteiger partial charge in [-0.05, 0) is 33.3 Å². The molecule has 6 heteroatoms. The number of nitrogens with zero attached hydrogens (tertiary/aromatic N) is 2. The second-order valence-corrected chi connectivity index (χ2v) is 8.96. The van der Waals surface area contributed by atoms with Gasteiger partial charge in [-0.2, -0.15) is 0 Å². The molecule has 0 aliphatic carbocycles. The molecule has 0 spiro atoms. The molecule has 0 atom stereocenters. The second-order valence-electron chi connectivity index (χ2n) is 8.96. The van der Waals surface area contributed by atoms with Crippen molar-refractivity contribution in [2.75, 3.05) is 32.7 Å². The Kier molecular flexibility index (Phi) is 7.23. The second kappa shape index (κ2) is 9.88. The lowest BCUT2D eigenvalue weighted by Crippen LogP contribution is -2.46. The number of benzene rings is 2. The Morgan fingerprint density at radius 1 is 0.839 bits per heavy atom. The van der Waals surface area contributed by atoms with E-state index in [1.54, 1.807) is 41.3 Å². The van der Waals surface area contributed by atoms with E-state index in [2.05, 4.69) is 10.2 Å². The van der Waals surface area contributed by atoms with Crippen LogP contribution >= 0.6 is 0 Å². The predicted octanol–water partition coefficient (Wildman–Crippen LogP) is 2.98. The molecule has 0 aromatic heterocycles. The van der Waals surface area contributed by atoms with Crippen molar-refractivity contribution in [2.45, 2.75) is 32.7 Å². The van der Waals surface area contributed by atoms with Crippen molar-refractivity contribution in [3.05, 3.63) is 71.3 Å². The molecule has 0 saturated carbocycles. The van der Waals surface area contributed by atoms with Crippen molar-refractivity contribution in [3.63, 3.8) is 0 Å². The first-order chi connectivity index (χ1) is 14.7. The molecule has 1 heterocycles. The molecule has 0 radical (unpaired) electrons. The summed E-state index contributed by atoms with van der Waals surface area (Å²) in [5.41, 5.74) is 1.15. The van der Waals surface area contributed by atoms with Gasteiger partial charge < -0.3 is 10.2 Å². The average molecular weight is 422 g/mol. The van der Waals surface area contributed by atoms with E-state index in [9.17, 15) is 14.4 Å². The predicted molar refractivity (Wildman–Crippen MR) is 121 cm³/mol. The maximum Gasteiger partial charge on any atom is 0.254 e. The zero-order valence-corrected chi connectivity index (χ0v) is 18.6. The smallest absolute Gasteiger partial charge is 0.254 e. The highest BCUT2D eigenvalue weighted by Crippen LogP contribution is 2.18. The van der Waals surface area contributed by atoms with Crippen LogP contribution in [0.3, 0.4) is 0 Å². The van der Waals surface area contributed by atoms with Gasteiger partial charge in [0.15, 0.2) is 5.78 Å². The Morgan fingerprint density at radius 2 is 1.48 bits per heavy atom. The van der Waals surface area contributed by atoms with Crippen molar-refractivity contribution >= 4 is 17.6 Å². The topological polar surface area (TPSA) is 69.7 Å². The van der Waals surface area contributed by atoms with Gasteiger partial charge in [0, 0.05) is 42.8 Å². The minimum absolute atomic E-state index is 0.00826. The lowest BCUT2D eigenvalue weighted by Gasteiger charge is -2.25. The Balaban J connectivity index is 1.69. The number of amides is 2. The lowest BCUT2D eigenvalue weighted by molar-refractivity contribution is -0.123. The Bertz CT molecular complexity index is 935. The molecule has 6 nitrogen and oxygen atoms in total. The molecule has 2 amide bonds. The molecular formula is C25H31N3O3. The van der Waals surface area contributed by atoms with Crippen molar-refractivity contribution in [3.8, 4) is 0 Å². The number of rotatable bonds is 5. The van der Waals surface area contributed by atoms with Gasteiger partial charge in [-0.1, -0.05) is 48.5 Å². The van der Waals surface area contributed by atoms with Crippen molar-refractivity contribution in [2.24, 2.45) is 0 Å². The monoisotopic (exact) mass is 421 g/mol. The number of nitrogens with one attached hydrogen (secondary N) is 1. The van der Waals surface area contributed by atoms with E-state index in [0.717, 1.165) is 13.0 Å². The molecule has 2 aromatic rings. The number of hydrogen-bond donors (Lipinski definition) is 1. The summed E-state index contributed by atoms with van der Waals surface area (Å²) in [5, 5.41) is 2.98. The van der Waals surface area contributed by atoms with Crippen LogP contribution in [0.25, 0.3) is 0 Å². The van der Waals surface area contributed by atoms with Crippen LogP contribution in [-0.2, 0) is 4.79 Å². The Morgan fingerprint density at radius 3 is 2.16 bits per heavy atom. The molecular weight excluding hydrogens is 390 g/mol. The van der Waals surface area contributed by atoms with Gasteiger partial charge in [-0.15, -0.1) is 0 Å². The fraction of sp³-hybridized carbons (Fsp3) is 0.400. The van der Waals surface area contributed by atoms with Crippen LogP contribution < -0.4 is 5.32 Å². The Labute approximate surface area is 184 Å². The average Bonchev–Trinajstić information content (AvgIpc) is 2.97. The maximum absolute atomic E-state index is 13.3. The third kappa shape index (κ3) is 6.25. The molecule has 164 valence electrons. The fourth-order valence-electron chi connectivity index (χ4n) is 3.78. The summed E-state index contributed by atoms with van der Waals surface area (Å²) in [6.07, 6.45) is 0.781. The molecule has 1 fully saturated rings. The highest BCUT2D eigenvalue weighted by Gasteiger charge is 2.25. The van der Waals surface area contributed by atoms with Gasteiger partial charge in [0.1, 0.15) is 0 Å². The lowest BCUT2D eigenvalue weighted by atomic mass is 9.97. The minimum atomic E-state index is -0.264. The molecule has 1 aliphatic heterocycles. The number of hydrogen-bond acceptors (Lipinski definition) is 4. The van der Waals surface area contributed by atoms with E-state index in [-0.39, 0.29) is 23.1 Å². The summed E-state index contributed by atoms with van der Waals surface area (Å²) < 4.78 is 0. The van der Waals surface area contributed by atoms with Gasteiger partial charge in [0.05, 0.1) is 12.1 Å². The Hall–Kier alpha value is -2.99. The standard InChI is InChI=1S/C25H31N3O3/c1-25(2,3)26-22(29)18-27-14-9-15-28(17-16-27)24(31)21-13-8-7-12-20(21)23(30)19-10-5-4-6-11-19/h4-8,10-13H,9,14-18H2,1-3H3,(H,26,29). The molecule has 3 rings (SSSR count). The van der Waals surface area contributed by atoms with E-state index < -0.39 is 0 Å². The molecule has 31 heavy (non-hydrogen) atoms. The minimum Gasteiger partial charge on any atom is -0.350 e. The van der Waals surface area contributed by atoms with Gasteiger partial charge in [0.25, 0.3) is 5.91 Å². The van der Waals surface area contributed by atoms with Crippen molar-refractivity contribution in [1.82, 2.24) is 15.1 Å². The maximum atomic E-state index is 13.3. The highest BCUT2D eigenvalue weighted by atomic mass is 16.2. The van der Waals surface area contributed by atoms with Crippen molar-refractivity contribution in [1.29, 1.82) is 0 Å². The molecule has 1 saturated heterocycles. The molecule has 1 N–H and O–H groups in total. The summed E-state index contributed by atoms with van der Waals surface area (Å²) in [5.74, 6) is -0.299. The largest absolute Gasteiger partial charge is 0.350 e. The summed E-state index contributed by atoms with van der Waals surface area (Å²) in [6.45, 7) is 8.71.